The number of carboxylic acids is 3. The van der Waals surface area contributed by atoms with Crippen molar-refractivity contribution in [1.82, 2.24) is 37.2 Å². The first kappa shape index (κ1) is 66.9. The lowest BCUT2D eigenvalue weighted by Gasteiger charge is -2.15. The van der Waals surface area contributed by atoms with Gasteiger partial charge in [0.1, 0.15) is 24.2 Å². The molecule has 0 heterocycles. The molecule has 0 unspecified atom stereocenters. The molecular formula is C48H79N9O12. The molecular weight excluding hydrogens is 895 g/mol. The van der Waals surface area contributed by atoms with Crippen molar-refractivity contribution in [3.8, 4) is 0 Å². The topological polar surface area (TPSA) is 357 Å². The lowest BCUT2D eigenvalue weighted by Crippen LogP contribution is -2.45. The van der Waals surface area contributed by atoms with E-state index >= 15 is 0 Å². The SMILES string of the molecule is CC[C@@H](N)C(=O)NCc1ccccc1.CC[C@@H](NC(C)=O)C(=O)NCc1ccccc1.CC[C@@H](NC)C(=O)NCc1ccccc1.CC[C@@H](NC)C(=O)O.CN[C@H](CO)C(=O)O.N[C@H](CO)C(=O)O. The highest BCUT2D eigenvalue weighted by molar-refractivity contribution is 5.86. The number of rotatable bonds is 22. The lowest BCUT2D eigenvalue weighted by atomic mass is 10.2. The maximum atomic E-state index is 11.8. The summed E-state index contributed by atoms with van der Waals surface area (Å²) in [4.78, 5) is 75.3. The minimum Gasteiger partial charge on any atom is -0.480 e. The van der Waals surface area contributed by atoms with E-state index in [4.69, 9.17) is 37.0 Å². The molecule has 0 aliphatic carbocycles. The van der Waals surface area contributed by atoms with Gasteiger partial charge < -0.3 is 74.2 Å². The summed E-state index contributed by atoms with van der Waals surface area (Å²) in [5.74, 6) is -3.36. The zero-order valence-electron chi connectivity index (χ0n) is 41.2. The van der Waals surface area contributed by atoms with Crippen LogP contribution in [0.3, 0.4) is 0 Å². The first-order chi connectivity index (χ1) is 32.8. The number of carboxylic acid groups (broad SMARTS) is 3. The van der Waals surface area contributed by atoms with Gasteiger partial charge in [0.05, 0.1) is 25.3 Å². The monoisotopic (exact) mass is 974 g/mol. The van der Waals surface area contributed by atoms with E-state index < -0.39 is 48.7 Å². The van der Waals surface area contributed by atoms with Crippen LogP contribution in [-0.4, -0.2) is 138 Å². The molecule has 3 aromatic rings. The summed E-state index contributed by atoms with van der Waals surface area (Å²) >= 11 is 0. The van der Waals surface area contributed by atoms with E-state index in [0.29, 0.717) is 38.9 Å². The minimum absolute atomic E-state index is 0.0591. The fourth-order valence-corrected chi connectivity index (χ4v) is 4.91. The third-order valence-electron chi connectivity index (χ3n) is 9.28. The number of likely N-dealkylation sites (N-methyl/N-ethyl adjacent to an activating group) is 3. The molecule has 0 aliphatic heterocycles. The van der Waals surface area contributed by atoms with Crippen LogP contribution in [0.25, 0.3) is 0 Å². The van der Waals surface area contributed by atoms with Crippen LogP contribution in [0.4, 0.5) is 0 Å². The second-order valence-corrected chi connectivity index (χ2v) is 14.6. The molecule has 3 rings (SSSR count). The van der Waals surface area contributed by atoms with Crippen molar-refractivity contribution in [2.75, 3.05) is 34.4 Å². The lowest BCUT2D eigenvalue weighted by molar-refractivity contribution is -0.141. The van der Waals surface area contributed by atoms with Gasteiger partial charge in [0.15, 0.2) is 0 Å². The van der Waals surface area contributed by atoms with Gasteiger partial charge in [0.25, 0.3) is 0 Å². The van der Waals surface area contributed by atoms with Crippen molar-refractivity contribution in [2.24, 2.45) is 11.5 Å². The van der Waals surface area contributed by atoms with Gasteiger partial charge in [-0.1, -0.05) is 119 Å². The molecule has 0 saturated carbocycles. The molecule has 69 heavy (non-hydrogen) atoms. The van der Waals surface area contributed by atoms with Gasteiger partial charge in [-0.2, -0.15) is 0 Å². The number of hydrogen-bond acceptors (Lipinski definition) is 14. The van der Waals surface area contributed by atoms with Crippen LogP contribution in [0, 0.1) is 0 Å². The van der Waals surface area contributed by atoms with E-state index in [2.05, 4.69) is 37.2 Å². The summed E-state index contributed by atoms with van der Waals surface area (Å²) < 4.78 is 0. The number of hydrogen-bond donors (Lipinski definition) is 14. The quantitative estimate of drug-likeness (QED) is 0.0658. The Balaban J connectivity index is -0.000000782. The van der Waals surface area contributed by atoms with Crippen LogP contribution in [0.2, 0.25) is 0 Å². The maximum Gasteiger partial charge on any atom is 0.323 e. The molecule has 21 heteroatoms. The van der Waals surface area contributed by atoms with Gasteiger partial charge in [-0.05, 0) is 63.5 Å². The van der Waals surface area contributed by atoms with Gasteiger partial charge in [-0.15, -0.1) is 0 Å². The molecule has 388 valence electrons. The number of aliphatic hydroxyl groups excluding tert-OH is 2. The van der Waals surface area contributed by atoms with Crippen molar-refractivity contribution < 1.29 is 59.1 Å². The van der Waals surface area contributed by atoms with Crippen molar-refractivity contribution in [2.45, 2.75) is 116 Å². The number of amides is 4. The van der Waals surface area contributed by atoms with Gasteiger partial charge in [-0.3, -0.25) is 33.6 Å². The Kier molecular flexibility index (Phi) is 41.7. The first-order valence-electron chi connectivity index (χ1n) is 22.4. The molecule has 4 amide bonds. The Hall–Kier alpha value is -6.33. The molecule has 16 N–H and O–H groups in total. The second-order valence-electron chi connectivity index (χ2n) is 14.6. The highest BCUT2D eigenvalue weighted by atomic mass is 16.4. The summed E-state index contributed by atoms with van der Waals surface area (Å²) in [5.41, 5.74) is 13.6. The highest BCUT2D eigenvalue weighted by Gasteiger charge is 2.17. The van der Waals surface area contributed by atoms with Crippen molar-refractivity contribution in [3.63, 3.8) is 0 Å². The van der Waals surface area contributed by atoms with Gasteiger partial charge >= 0.3 is 17.9 Å². The number of carbonyl (C=O) groups excluding carboxylic acids is 4. The Bertz CT molecular complexity index is 1800. The van der Waals surface area contributed by atoms with Crippen LogP contribution in [0.15, 0.2) is 91.0 Å². The molecule has 6 atom stereocenters. The molecule has 21 nitrogen and oxygen atoms in total. The zero-order valence-corrected chi connectivity index (χ0v) is 41.2. The van der Waals surface area contributed by atoms with E-state index in [1.54, 1.807) is 14.1 Å². The van der Waals surface area contributed by atoms with Crippen molar-refractivity contribution in [3.05, 3.63) is 108 Å². The molecule has 0 aromatic heterocycles. The average molecular weight is 974 g/mol. The molecule has 0 saturated heterocycles. The van der Waals surface area contributed by atoms with Crippen LogP contribution < -0.4 is 48.7 Å². The van der Waals surface area contributed by atoms with E-state index in [-0.39, 0.29) is 42.3 Å². The molecule has 0 fully saturated rings. The van der Waals surface area contributed by atoms with E-state index in [9.17, 15) is 33.6 Å². The fraction of sp³-hybridized carbons (Fsp3) is 0.479. The summed E-state index contributed by atoms with van der Waals surface area (Å²) in [5, 5.41) is 59.7. The number of carbonyl (C=O) groups is 7. The molecule has 0 radical (unpaired) electrons. The van der Waals surface area contributed by atoms with Crippen LogP contribution >= 0.6 is 0 Å². The predicted octanol–water partition coefficient (Wildman–Crippen LogP) is 0.669. The number of nitrogens with two attached hydrogens (primary N) is 2. The standard InChI is InChI=1S/C13H18N2O2.C12H18N2O.C11H16N2O.C5H11NO2.C4H9NO3.C3H7NO3/c1-3-12(15-10(2)16)13(17)14-9-11-7-5-4-6-8-11;1-3-11(13-2)12(15)14-9-10-7-5-4-6-8-10;1-2-10(12)11(14)13-8-9-6-4-3-5-7-9;1-3-4(6-2)5(7)8;1-5-3(2-6)4(7)8;4-2(1-5)3(6)7/h4-8,12H,3,9H2,1-2H3,(H,14,17)(H,15,16);4-8,11,13H,3,9H2,1-2H3,(H,14,15);3-7,10H,2,8,12H2,1H3,(H,13,14);4,6H,3H2,1-2H3,(H,7,8);3,5-6H,2H2,1H3,(H,7,8);2,5H,1,4H2,(H,6,7)/t12-;11-;10-;4-;3-;2-/m111111/s1. The van der Waals surface area contributed by atoms with Gasteiger partial charge in [-0.25, -0.2) is 0 Å². The third kappa shape index (κ3) is 35.5. The van der Waals surface area contributed by atoms with E-state index in [0.717, 1.165) is 23.1 Å². The Morgan fingerprint density at radius 2 is 0.783 bits per heavy atom. The van der Waals surface area contributed by atoms with Crippen LogP contribution in [0.5, 0.6) is 0 Å². The van der Waals surface area contributed by atoms with E-state index in [1.165, 1.54) is 14.0 Å². The highest BCUT2D eigenvalue weighted by Crippen LogP contribution is 2.01. The number of benzene rings is 3. The largest absolute Gasteiger partial charge is 0.480 e. The Labute approximate surface area is 406 Å². The predicted molar refractivity (Wildman–Crippen MR) is 265 cm³/mol. The first-order valence-corrected chi connectivity index (χ1v) is 22.4. The summed E-state index contributed by atoms with van der Waals surface area (Å²) in [7, 11) is 4.92. The summed E-state index contributed by atoms with van der Waals surface area (Å²) in [6, 6.07) is 26.1. The smallest absolute Gasteiger partial charge is 0.323 e. The van der Waals surface area contributed by atoms with Crippen LogP contribution in [-0.2, 0) is 53.2 Å². The Morgan fingerprint density at radius 1 is 0.449 bits per heavy atom. The summed E-state index contributed by atoms with van der Waals surface area (Å²) in [6.45, 7) is 9.74. The molecule has 0 bridgehead atoms. The number of aliphatic carboxylic acids is 3. The molecule has 0 spiro atoms. The fourth-order valence-electron chi connectivity index (χ4n) is 4.91. The zero-order chi connectivity index (χ0) is 53.2. The summed E-state index contributed by atoms with van der Waals surface area (Å²) in [6.07, 6.45) is 2.68. The Morgan fingerprint density at radius 3 is 0.986 bits per heavy atom. The van der Waals surface area contributed by atoms with Gasteiger partial charge in [0.2, 0.25) is 23.6 Å². The van der Waals surface area contributed by atoms with Gasteiger partial charge in [0, 0.05) is 26.6 Å². The molecule has 3 aromatic carbocycles. The molecule has 0 aliphatic rings. The van der Waals surface area contributed by atoms with Crippen LogP contribution in [0.1, 0.15) is 77.0 Å². The average Bonchev–Trinajstić information content (AvgIpc) is 3.35. The maximum absolute atomic E-state index is 11.8. The van der Waals surface area contributed by atoms with E-state index in [1.807, 2.05) is 119 Å². The number of nitrogens with one attached hydrogen (secondary N) is 7. The van der Waals surface area contributed by atoms with Crippen molar-refractivity contribution >= 4 is 41.5 Å². The van der Waals surface area contributed by atoms with Crippen molar-refractivity contribution in [1.29, 1.82) is 0 Å². The number of aliphatic hydroxyl groups is 2. The second kappa shape index (κ2) is 43.0. The normalized spacial score (nSPS) is 12.4. The third-order valence-corrected chi connectivity index (χ3v) is 9.28. The minimum atomic E-state index is -1.18.